The molecule has 0 amide bonds. The van der Waals surface area contributed by atoms with Crippen LogP contribution in [0.15, 0.2) is 30.3 Å². The predicted molar refractivity (Wildman–Crippen MR) is 72.6 cm³/mol. The zero-order chi connectivity index (χ0) is 13.0. The van der Waals surface area contributed by atoms with Crippen LogP contribution in [0.25, 0.3) is 0 Å². The minimum absolute atomic E-state index is 0.0226. The highest BCUT2D eigenvalue weighted by Crippen LogP contribution is 2.30. The normalized spacial score (nSPS) is 10.4. The van der Waals surface area contributed by atoms with E-state index in [0.717, 1.165) is 14.8 Å². The summed E-state index contributed by atoms with van der Waals surface area (Å²) < 4.78 is 11.6. The monoisotopic (exact) mass is 284 g/mol. The van der Waals surface area contributed by atoms with Crippen molar-refractivity contribution in [2.24, 2.45) is 0 Å². The topological polar surface area (TPSA) is 38.7 Å². The van der Waals surface area contributed by atoms with Crippen molar-refractivity contribution in [1.29, 1.82) is 0 Å². The molecular weight excluding hydrogens is 272 g/mol. The number of aliphatic hydroxyl groups excluding tert-OH is 1. The van der Waals surface area contributed by atoms with Crippen molar-refractivity contribution in [3.63, 3.8) is 0 Å². The van der Waals surface area contributed by atoms with Crippen molar-refractivity contribution in [3.05, 3.63) is 45.1 Å². The van der Waals surface area contributed by atoms with Gasteiger partial charge in [0, 0.05) is 4.88 Å². The highest BCUT2D eigenvalue weighted by atomic mass is 35.5. The third-order valence-electron chi connectivity index (χ3n) is 2.41. The van der Waals surface area contributed by atoms with Crippen LogP contribution in [0.2, 0.25) is 4.34 Å². The number of hydrogen-bond acceptors (Lipinski definition) is 4. The molecule has 1 aromatic carbocycles. The number of thiophene rings is 1. The lowest BCUT2D eigenvalue weighted by Crippen LogP contribution is -1.97. The molecule has 18 heavy (non-hydrogen) atoms. The molecule has 0 spiro atoms. The Hall–Kier alpha value is -1.23. The molecule has 0 saturated heterocycles. The first-order chi connectivity index (χ1) is 8.72. The summed E-state index contributed by atoms with van der Waals surface area (Å²) in [5, 5.41) is 9.10. The largest absolute Gasteiger partial charge is 0.493 e. The first-order valence-electron chi connectivity index (χ1n) is 5.37. The van der Waals surface area contributed by atoms with Crippen LogP contribution in [-0.4, -0.2) is 12.2 Å². The highest BCUT2D eigenvalue weighted by molar-refractivity contribution is 7.16. The van der Waals surface area contributed by atoms with Crippen molar-refractivity contribution >= 4 is 22.9 Å². The molecule has 0 bridgehead atoms. The van der Waals surface area contributed by atoms with Gasteiger partial charge in [-0.1, -0.05) is 17.7 Å². The average Bonchev–Trinajstić information content (AvgIpc) is 2.81. The van der Waals surface area contributed by atoms with Gasteiger partial charge in [0.05, 0.1) is 18.1 Å². The molecule has 3 nitrogen and oxygen atoms in total. The van der Waals surface area contributed by atoms with Gasteiger partial charge in [-0.3, -0.25) is 0 Å². The molecule has 2 rings (SSSR count). The minimum atomic E-state index is -0.0226. The van der Waals surface area contributed by atoms with E-state index in [1.165, 1.54) is 11.3 Å². The van der Waals surface area contributed by atoms with Crippen LogP contribution in [0.4, 0.5) is 0 Å². The van der Waals surface area contributed by atoms with E-state index in [-0.39, 0.29) is 6.61 Å². The lowest BCUT2D eigenvalue weighted by atomic mass is 10.2. The third-order valence-corrected chi connectivity index (χ3v) is 3.61. The minimum Gasteiger partial charge on any atom is -0.493 e. The SMILES string of the molecule is COc1ccc(CO)cc1OCc1ccc(Cl)s1. The van der Waals surface area contributed by atoms with Crippen molar-refractivity contribution in [2.75, 3.05) is 7.11 Å². The molecule has 5 heteroatoms. The molecule has 1 heterocycles. The van der Waals surface area contributed by atoms with Crippen LogP contribution >= 0.6 is 22.9 Å². The fraction of sp³-hybridized carbons (Fsp3) is 0.231. The van der Waals surface area contributed by atoms with E-state index >= 15 is 0 Å². The van der Waals surface area contributed by atoms with Gasteiger partial charge in [0.2, 0.25) is 0 Å². The summed E-state index contributed by atoms with van der Waals surface area (Å²) in [5.74, 6) is 1.27. The zero-order valence-corrected chi connectivity index (χ0v) is 11.4. The quantitative estimate of drug-likeness (QED) is 0.913. The first kappa shape index (κ1) is 13.2. The maximum atomic E-state index is 9.10. The molecule has 0 aliphatic carbocycles. The molecule has 2 aromatic rings. The van der Waals surface area contributed by atoms with E-state index in [0.29, 0.717) is 18.1 Å². The molecular formula is C13H13ClO3S. The Morgan fingerprint density at radius 1 is 1.22 bits per heavy atom. The summed E-state index contributed by atoms with van der Waals surface area (Å²) in [7, 11) is 1.59. The third kappa shape index (κ3) is 3.16. The number of benzene rings is 1. The van der Waals surface area contributed by atoms with Crippen molar-refractivity contribution in [2.45, 2.75) is 13.2 Å². The Labute approximate surface area is 115 Å². The van der Waals surface area contributed by atoms with Gasteiger partial charge < -0.3 is 14.6 Å². The van der Waals surface area contributed by atoms with Crippen LogP contribution in [-0.2, 0) is 13.2 Å². The average molecular weight is 285 g/mol. The molecule has 0 fully saturated rings. The first-order valence-corrected chi connectivity index (χ1v) is 6.57. The second-order valence-electron chi connectivity index (χ2n) is 3.64. The molecule has 0 radical (unpaired) electrons. The zero-order valence-electron chi connectivity index (χ0n) is 9.85. The van der Waals surface area contributed by atoms with Gasteiger partial charge in [0.1, 0.15) is 6.61 Å². The van der Waals surface area contributed by atoms with E-state index < -0.39 is 0 Å². The molecule has 96 valence electrons. The smallest absolute Gasteiger partial charge is 0.162 e. The van der Waals surface area contributed by atoms with Gasteiger partial charge >= 0.3 is 0 Å². The summed E-state index contributed by atoms with van der Waals surface area (Å²) in [6.07, 6.45) is 0. The summed E-state index contributed by atoms with van der Waals surface area (Å²) in [6.45, 7) is 0.411. The number of aliphatic hydroxyl groups is 1. The lowest BCUT2D eigenvalue weighted by Gasteiger charge is -2.11. The molecule has 1 aromatic heterocycles. The second-order valence-corrected chi connectivity index (χ2v) is 5.44. The van der Waals surface area contributed by atoms with E-state index in [4.69, 9.17) is 26.2 Å². The maximum absolute atomic E-state index is 9.10. The molecule has 0 saturated carbocycles. The number of hydrogen-bond donors (Lipinski definition) is 1. The lowest BCUT2D eigenvalue weighted by molar-refractivity contribution is 0.273. The van der Waals surface area contributed by atoms with Crippen LogP contribution < -0.4 is 9.47 Å². The van der Waals surface area contributed by atoms with Crippen LogP contribution in [0.5, 0.6) is 11.5 Å². The summed E-state index contributed by atoms with van der Waals surface area (Å²) >= 11 is 7.33. The Kier molecular flexibility index (Phi) is 4.47. The van der Waals surface area contributed by atoms with Crippen molar-refractivity contribution in [3.8, 4) is 11.5 Å². The Morgan fingerprint density at radius 2 is 2.06 bits per heavy atom. The Morgan fingerprint density at radius 3 is 2.67 bits per heavy atom. The highest BCUT2D eigenvalue weighted by Gasteiger charge is 2.07. The number of halogens is 1. The predicted octanol–water partition coefficient (Wildman–Crippen LogP) is 3.48. The van der Waals surface area contributed by atoms with Gasteiger partial charge in [0.15, 0.2) is 11.5 Å². The molecule has 1 N–H and O–H groups in total. The van der Waals surface area contributed by atoms with Gasteiger partial charge in [-0.15, -0.1) is 11.3 Å². The molecule has 0 unspecified atom stereocenters. The molecule has 0 atom stereocenters. The van der Waals surface area contributed by atoms with Gasteiger partial charge in [0.25, 0.3) is 0 Å². The Balaban J connectivity index is 2.11. The van der Waals surface area contributed by atoms with Gasteiger partial charge in [-0.25, -0.2) is 0 Å². The number of rotatable bonds is 5. The maximum Gasteiger partial charge on any atom is 0.162 e. The Bertz CT molecular complexity index is 525. The molecule has 0 aliphatic heterocycles. The number of ether oxygens (including phenoxy) is 2. The van der Waals surface area contributed by atoms with Crippen molar-refractivity contribution in [1.82, 2.24) is 0 Å². The van der Waals surface area contributed by atoms with Crippen LogP contribution in [0, 0.1) is 0 Å². The van der Waals surface area contributed by atoms with Crippen LogP contribution in [0.3, 0.4) is 0 Å². The van der Waals surface area contributed by atoms with E-state index in [2.05, 4.69) is 0 Å². The van der Waals surface area contributed by atoms with E-state index in [1.54, 1.807) is 25.3 Å². The standard InChI is InChI=1S/C13H13ClO3S/c1-16-11-4-2-9(7-15)6-12(11)17-8-10-3-5-13(14)18-10/h2-6,15H,7-8H2,1H3. The van der Waals surface area contributed by atoms with Crippen LogP contribution in [0.1, 0.15) is 10.4 Å². The summed E-state index contributed by atoms with van der Waals surface area (Å²) in [5.41, 5.74) is 0.787. The van der Waals surface area contributed by atoms with Gasteiger partial charge in [-0.05, 0) is 29.8 Å². The van der Waals surface area contributed by atoms with Gasteiger partial charge in [-0.2, -0.15) is 0 Å². The summed E-state index contributed by atoms with van der Waals surface area (Å²) in [4.78, 5) is 1.04. The fourth-order valence-electron chi connectivity index (χ4n) is 1.51. The summed E-state index contributed by atoms with van der Waals surface area (Å²) in [6, 6.07) is 9.12. The van der Waals surface area contributed by atoms with E-state index in [1.807, 2.05) is 12.1 Å². The second kappa shape index (κ2) is 6.09. The fourth-order valence-corrected chi connectivity index (χ4v) is 2.51. The van der Waals surface area contributed by atoms with E-state index in [9.17, 15) is 0 Å². The molecule has 0 aliphatic rings. The number of methoxy groups -OCH3 is 1. The van der Waals surface area contributed by atoms with Crippen molar-refractivity contribution < 1.29 is 14.6 Å².